The molecule has 2 aliphatic heterocycles. The molecular weight excluding hydrogens is 278 g/mol. The number of allylic oxidation sites excluding steroid dienone is 1. The van der Waals surface area contributed by atoms with E-state index in [-0.39, 0.29) is 17.9 Å². The molecule has 22 heavy (non-hydrogen) atoms. The Morgan fingerprint density at radius 2 is 2.05 bits per heavy atom. The van der Waals surface area contributed by atoms with Crippen molar-refractivity contribution in [3.8, 4) is 0 Å². The van der Waals surface area contributed by atoms with Crippen LogP contribution >= 0.6 is 0 Å². The number of aliphatic hydroxyl groups excluding tert-OH is 1. The Hall–Kier alpha value is -0.910. The smallest absolute Gasteiger partial charge is 0.236 e. The minimum absolute atomic E-state index is 0.136. The van der Waals surface area contributed by atoms with Gasteiger partial charge in [-0.3, -0.25) is 9.69 Å². The van der Waals surface area contributed by atoms with Gasteiger partial charge in [0.25, 0.3) is 0 Å². The quantitative estimate of drug-likeness (QED) is 0.763. The highest BCUT2D eigenvalue weighted by atomic mass is 16.3. The van der Waals surface area contributed by atoms with Crippen molar-refractivity contribution in [2.75, 3.05) is 59.5 Å². The zero-order valence-electron chi connectivity index (χ0n) is 14.0. The molecule has 1 unspecified atom stereocenters. The Morgan fingerprint density at radius 3 is 2.77 bits per heavy atom. The second-order valence-electron chi connectivity index (χ2n) is 7.00. The fraction of sp³-hybridized carbons (Fsp3) is 0.824. The van der Waals surface area contributed by atoms with Crippen molar-refractivity contribution in [3.05, 3.63) is 12.7 Å². The van der Waals surface area contributed by atoms with E-state index in [0.29, 0.717) is 13.1 Å². The summed E-state index contributed by atoms with van der Waals surface area (Å²) in [4.78, 5) is 19.2. The van der Waals surface area contributed by atoms with Gasteiger partial charge in [-0.1, -0.05) is 6.08 Å². The second kappa shape index (κ2) is 8.09. The van der Waals surface area contributed by atoms with E-state index in [9.17, 15) is 9.90 Å². The standard InChI is InChI=1S/C17H31N3O2/c1-3-6-17(15-21)7-4-10-20(14-17)16(22)13-19-9-5-8-18(2)11-12-19/h3,21H,1,4-15H2,2H3. The first-order valence-corrected chi connectivity index (χ1v) is 8.49. The number of rotatable bonds is 5. The van der Waals surface area contributed by atoms with Crippen molar-refractivity contribution < 1.29 is 9.90 Å². The van der Waals surface area contributed by atoms with E-state index in [2.05, 4.69) is 23.4 Å². The van der Waals surface area contributed by atoms with Crippen LogP contribution in [0.25, 0.3) is 0 Å². The Balaban J connectivity index is 1.89. The lowest BCUT2D eigenvalue weighted by Crippen LogP contribution is -2.50. The van der Waals surface area contributed by atoms with Crippen LogP contribution in [-0.2, 0) is 4.79 Å². The van der Waals surface area contributed by atoms with Crippen molar-refractivity contribution in [3.63, 3.8) is 0 Å². The molecule has 0 aromatic heterocycles. The number of amides is 1. The number of carbonyl (C=O) groups is 1. The SMILES string of the molecule is C=CCC1(CO)CCCN(C(=O)CN2CCCN(C)CC2)C1. The van der Waals surface area contributed by atoms with Crippen molar-refractivity contribution >= 4 is 5.91 Å². The number of nitrogens with zero attached hydrogens (tertiary/aromatic N) is 3. The summed E-state index contributed by atoms with van der Waals surface area (Å²) in [7, 11) is 2.14. The van der Waals surface area contributed by atoms with Gasteiger partial charge in [-0.25, -0.2) is 0 Å². The van der Waals surface area contributed by atoms with Crippen LogP contribution in [0.5, 0.6) is 0 Å². The van der Waals surface area contributed by atoms with Crippen molar-refractivity contribution in [2.45, 2.75) is 25.7 Å². The first-order chi connectivity index (χ1) is 10.6. The van der Waals surface area contributed by atoms with Gasteiger partial charge < -0.3 is 14.9 Å². The Labute approximate surface area is 134 Å². The topological polar surface area (TPSA) is 47.0 Å². The minimum Gasteiger partial charge on any atom is -0.396 e. The van der Waals surface area contributed by atoms with Crippen LogP contribution in [0.3, 0.4) is 0 Å². The maximum absolute atomic E-state index is 12.6. The molecule has 2 rings (SSSR count). The Bertz CT molecular complexity index is 388. The van der Waals surface area contributed by atoms with Gasteiger partial charge in [0.1, 0.15) is 0 Å². The van der Waals surface area contributed by atoms with E-state index in [4.69, 9.17) is 0 Å². The third-order valence-corrected chi connectivity index (χ3v) is 5.10. The van der Waals surface area contributed by atoms with E-state index < -0.39 is 0 Å². The predicted octanol–water partition coefficient (Wildman–Crippen LogP) is 0.801. The third kappa shape index (κ3) is 4.54. The average Bonchev–Trinajstić information content (AvgIpc) is 2.72. The van der Waals surface area contributed by atoms with Crippen LogP contribution < -0.4 is 0 Å². The van der Waals surface area contributed by atoms with Gasteiger partial charge in [0, 0.05) is 31.6 Å². The van der Waals surface area contributed by atoms with Gasteiger partial charge in [-0.2, -0.15) is 0 Å². The lowest BCUT2D eigenvalue weighted by Gasteiger charge is -2.42. The van der Waals surface area contributed by atoms with Crippen LogP contribution in [-0.4, -0.2) is 85.2 Å². The number of piperidine rings is 1. The fourth-order valence-electron chi connectivity index (χ4n) is 3.64. The van der Waals surface area contributed by atoms with Crippen LogP contribution in [0.15, 0.2) is 12.7 Å². The molecule has 2 heterocycles. The van der Waals surface area contributed by atoms with Gasteiger partial charge in [0.05, 0.1) is 13.2 Å². The number of aliphatic hydroxyl groups is 1. The minimum atomic E-state index is -0.172. The van der Waals surface area contributed by atoms with Gasteiger partial charge in [-0.05, 0) is 45.8 Å². The summed E-state index contributed by atoms with van der Waals surface area (Å²) in [5, 5.41) is 9.76. The van der Waals surface area contributed by atoms with Crippen molar-refractivity contribution in [1.29, 1.82) is 0 Å². The molecule has 0 radical (unpaired) electrons. The maximum Gasteiger partial charge on any atom is 0.236 e. The second-order valence-corrected chi connectivity index (χ2v) is 7.00. The first kappa shape index (κ1) is 17.4. The summed E-state index contributed by atoms with van der Waals surface area (Å²) in [5.41, 5.74) is -0.172. The van der Waals surface area contributed by atoms with Gasteiger partial charge in [0.2, 0.25) is 5.91 Å². The van der Waals surface area contributed by atoms with Crippen LogP contribution in [0.1, 0.15) is 25.7 Å². The molecule has 126 valence electrons. The van der Waals surface area contributed by atoms with Crippen LogP contribution in [0.2, 0.25) is 0 Å². The average molecular weight is 309 g/mol. The summed E-state index contributed by atoms with van der Waals surface area (Å²) < 4.78 is 0. The van der Waals surface area contributed by atoms with Crippen LogP contribution in [0, 0.1) is 5.41 Å². The molecule has 0 aliphatic carbocycles. The zero-order chi connectivity index (χ0) is 16.0. The number of likely N-dealkylation sites (tertiary alicyclic amines) is 1. The lowest BCUT2D eigenvalue weighted by atomic mass is 9.78. The van der Waals surface area contributed by atoms with E-state index in [1.807, 2.05) is 11.0 Å². The molecular formula is C17H31N3O2. The highest BCUT2D eigenvalue weighted by molar-refractivity contribution is 5.78. The normalized spacial score (nSPS) is 28.4. The number of carbonyl (C=O) groups excluding carboxylic acids is 1. The molecule has 2 saturated heterocycles. The Morgan fingerprint density at radius 1 is 1.23 bits per heavy atom. The summed E-state index contributed by atoms with van der Waals surface area (Å²) in [6.07, 6.45) is 5.73. The predicted molar refractivity (Wildman–Crippen MR) is 88.7 cm³/mol. The first-order valence-electron chi connectivity index (χ1n) is 8.49. The zero-order valence-corrected chi connectivity index (χ0v) is 14.0. The highest BCUT2D eigenvalue weighted by Crippen LogP contribution is 2.33. The molecule has 1 N–H and O–H groups in total. The summed E-state index contributed by atoms with van der Waals surface area (Å²) in [5.74, 6) is 0.214. The van der Waals surface area contributed by atoms with E-state index in [1.165, 1.54) is 0 Å². The largest absolute Gasteiger partial charge is 0.396 e. The highest BCUT2D eigenvalue weighted by Gasteiger charge is 2.35. The van der Waals surface area contributed by atoms with Crippen molar-refractivity contribution in [1.82, 2.24) is 14.7 Å². The summed E-state index contributed by atoms with van der Waals surface area (Å²) >= 11 is 0. The molecule has 0 bridgehead atoms. The lowest BCUT2D eigenvalue weighted by molar-refractivity contribution is -0.136. The monoisotopic (exact) mass is 309 g/mol. The maximum atomic E-state index is 12.6. The Kier molecular flexibility index (Phi) is 6.41. The molecule has 1 atom stereocenters. The molecule has 5 heteroatoms. The molecule has 0 saturated carbocycles. The third-order valence-electron chi connectivity index (χ3n) is 5.10. The number of hydrogen-bond donors (Lipinski definition) is 1. The van der Waals surface area contributed by atoms with Crippen molar-refractivity contribution in [2.24, 2.45) is 5.41 Å². The number of hydrogen-bond acceptors (Lipinski definition) is 4. The molecule has 0 aromatic rings. The molecule has 2 fully saturated rings. The molecule has 0 spiro atoms. The summed E-state index contributed by atoms with van der Waals surface area (Å²) in [6.45, 7) is 10.1. The molecule has 0 aromatic carbocycles. The van der Waals surface area contributed by atoms with Crippen LogP contribution in [0.4, 0.5) is 0 Å². The summed E-state index contributed by atoms with van der Waals surface area (Å²) in [6, 6.07) is 0. The molecule has 5 nitrogen and oxygen atoms in total. The van der Waals surface area contributed by atoms with E-state index in [0.717, 1.165) is 58.4 Å². The molecule has 2 aliphatic rings. The van der Waals surface area contributed by atoms with Gasteiger partial charge in [0.15, 0.2) is 0 Å². The van der Waals surface area contributed by atoms with E-state index >= 15 is 0 Å². The number of likely N-dealkylation sites (N-methyl/N-ethyl adjacent to an activating group) is 1. The van der Waals surface area contributed by atoms with E-state index in [1.54, 1.807) is 0 Å². The van der Waals surface area contributed by atoms with Gasteiger partial charge >= 0.3 is 0 Å². The van der Waals surface area contributed by atoms with Gasteiger partial charge in [-0.15, -0.1) is 6.58 Å². The molecule has 1 amide bonds. The fourth-order valence-corrected chi connectivity index (χ4v) is 3.64.